The van der Waals surface area contributed by atoms with Crippen molar-refractivity contribution in [2.45, 2.75) is 69.3 Å². The van der Waals surface area contributed by atoms with E-state index in [0.717, 1.165) is 63.7 Å². The molecule has 4 fully saturated rings. The number of piperidine rings is 3. The van der Waals surface area contributed by atoms with Crippen LogP contribution in [0.15, 0.2) is 42.7 Å². The van der Waals surface area contributed by atoms with Crippen LogP contribution in [0.5, 0.6) is 0 Å². The lowest BCUT2D eigenvalue weighted by Gasteiger charge is -2.52. The Bertz CT molecular complexity index is 1040. The van der Waals surface area contributed by atoms with E-state index in [0.29, 0.717) is 27.8 Å². The number of benzene rings is 1. The van der Waals surface area contributed by atoms with Crippen molar-refractivity contribution >= 4 is 23.4 Å². The Kier molecular flexibility index (Phi) is 7.21. The van der Waals surface area contributed by atoms with Crippen LogP contribution in [0.1, 0.15) is 62.6 Å². The molecule has 1 aliphatic carbocycles. The van der Waals surface area contributed by atoms with Gasteiger partial charge in [0.2, 0.25) is 0 Å². The Morgan fingerprint density at radius 3 is 2.43 bits per heavy atom. The third-order valence-electron chi connectivity index (χ3n) is 8.52. The molecule has 186 valence electrons. The van der Waals surface area contributed by atoms with E-state index in [-0.39, 0.29) is 24.3 Å². The lowest BCUT2D eigenvalue weighted by Crippen LogP contribution is -2.66. The summed E-state index contributed by atoms with van der Waals surface area (Å²) in [5.41, 5.74) is 1.15. The monoisotopic (exact) mass is 496 g/mol. The molecule has 3 aliphatic heterocycles. The van der Waals surface area contributed by atoms with Crippen LogP contribution in [-0.2, 0) is 26.2 Å². The van der Waals surface area contributed by atoms with E-state index in [1.54, 1.807) is 6.20 Å². The van der Waals surface area contributed by atoms with Crippen molar-refractivity contribution in [2.75, 3.05) is 26.2 Å². The summed E-state index contributed by atoms with van der Waals surface area (Å²) in [5.74, 6) is 0.478. The first-order valence-corrected chi connectivity index (χ1v) is 13.5. The minimum atomic E-state index is -0.546. The number of rotatable bonds is 7. The number of halogens is 1. The molecular formula is C28H35ClN3O3+. The summed E-state index contributed by atoms with van der Waals surface area (Å²) < 4.78 is 7.12. The van der Waals surface area contributed by atoms with Crippen LogP contribution in [0, 0.1) is 5.92 Å². The van der Waals surface area contributed by atoms with Gasteiger partial charge in [-0.05, 0) is 18.4 Å². The topological polar surface area (TPSA) is 69.2 Å². The number of Topliss-reactive ketones (excluding diaryl/α,β-unsaturated/α-hetero) is 1. The number of hydrogen-bond acceptors (Lipinski definition) is 5. The third-order valence-corrected chi connectivity index (χ3v) is 8.70. The van der Waals surface area contributed by atoms with Gasteiger partial charge in [-0.15, -0.1) is 0 Å². The molecule has 4 aliphatic rings. The summed E-state index contributed by atoms with van der Waals surface area (Å²) in [7, 11) is 0. The molecule has 6 rings (SSSR count). The number of ether oxygens (including phenoxy) is 1. The second-order valence-corrected chi connectivity index (χ2v) is 11.2. The fraction of sp³-hybridized carbons (Fsp3) is 0.571. The van der Waals surface area contributed by atoms with Crippen molar-refractivity contribution in [2.24, 2.45) is 5.92 Å². The van der Waals surface area contributed by atoms with E-state index in [2.05, 4.69) is 22.1 Å². The van der Waals surface area contributed by atoms with Crippen LogP contribution in [-0.4, -0.2) is 58.5 Å². The normalized spacial score (nSPS) is 27.7. The molecule has 7 heteroatoms. The molecule has 1 aromatic carbocycles. The SMILES string of the molecule is O=C(Cc1cncc(Cl)n1)C[N+]12CCC(CC1)[C@@H](OC(=O)C1(c3ccccc3)CCCCCC1)C2. The average Bonchev–Trinajstić information content (AvgIpc) is 3.12. The first-order valence-electron chi connectivity index (χ1n) is 13.1. The third kappa shape index (κ3) is 5.29. The molecule has 0 radical (unpaired) electrons. The Balaban J connectivity index is 1.29. The Labute approximate surface area is 212 Å². The molecule has 1 aromatic heterocycles. The lowest BCUT2D eigenvalue weighted by atomic mass is 9.74. The fourth-order valence-corrected chi connectivity index (χ4v) is 6.79. The van der Waals surface area contributed by atoms with Gasteiger partial charge in [-0.2, -0.15) is 0 Å². The van der Waals surface area contributed by atoms with Crippen LogP contribution in [0.3, 0.4) is 0 Å². The van der Waals surface area contributed by atoms with Gasteiger partial charge in [0.05, 0.1) is 36.8 Å². The smallest absolute Gasteiger partial charge is 0.317 e. The molecule has 0 unspecified atom stereocenters. The highest BCUT2D eigenvalue weighted by molar-refractivity contribution is 6.29. The van der Waals surface area contributed by atoms with Gasteiger partial charge in [0.1, 0.15) is 18.2 Å². The molecule has 0 amide bonds. The summed E-state index contributed by atoms with van der Waals surface area (Å²) in [5, 5.41) is 0.305. The molecular weight excluding hydrogens is 462 g/mol. The van der Waals surface area contributed by atoms with Gasteiger partial charge < -0.3 is 9.22 Å². The number of aromatic nitrogens is 2. The van der Waals surface area contributed by atoms with Gasteiger partial charge in [-0.3, -0.25) is 14.6 Å². The molecule has 1 atom stereocenters. The van der Waals surface area contributed by atoms with E-state index in [1.165, 1.54) is 19.0 Å². The largest absolute Gasteiger partial charge is 0.455 e. The number of ketones is 1. The van der Waals surface area contributed by atoms with Gasteiger partial charge in [-0.25, -0.2) is 4.98 Å². The minimum Gasteiger partial charge on any atom is -0.455 e. The van der Waals surface area contributed by atoms with Gasteiger partial charge in [0, 0.05) is 25.0 Å². The molecule has 4 heterocycles. The van der Waals surface area contributed by atoms with Crippen molar-refractivity contribution in [1.82, 2.24) is 9.97 Å². The van der Waals surface area contributed by atoms with E-state index >= 15 is 0 Å². The van der Waals surface area contributed by atoms with E-state index < -0.39 is 5.41 Å². The standard InChI is InChI=1S/C28H35ClN3O3/c29-26-18-30-17-23(31-26)16-24(33)19-32-14-10-21(11-15-32)25(20-32)35-27(34)28(12-6-1-2-7-13-28)22-8-4-3-5-9-22/h3-5,8-9,17-18,21,25H,1-2,6-7,10-16,19-20H2/q+1/t21?,25-,32?/m0/s1. The highest BCUT2D eigenvalue weighted by Gasteiger charge is 2.50. The van der Waals surface area contributed by atoms with Crippen LogP contribution in [0.2, 0.25) is 5.15 Å². The second-order valence-electron chi connectivity index (χ2n) is 10.8. The number of fused-ring (bicyclic) bond motifs is 3. The summed E-state index contributed by atoms with van der Waals surface area (Å²) >= 11 is 5.94. The number of quaternary nitrogens is 1. The van der Waals surface area contributed by atoms with Gasteiger partial charge in [0.15, 0.2) is 11.9 Å². The Morgan fingerprint density at radius 1 is 1.03 bits per heavy atom. The second kappa shape index (κ2) is 10.4. The molecule has 2 aromatic rings. The first-order chi connectivity index (χ1) is 17.0. The fourth-order valence-electron chi connectivity index (χ4n) is 6.62. The molecule has 6 nitrogen and oxygen atoms in total. The van der Waals surface area contributed by atoms with Crippen LogP contribution >= 0.6 is 11.6 Å². The van der Waals surface area contributed by atoms with Gasteiger partial charge in [0.25, 0.3) is 0 Å². The molecule has 3 saturated heterocycles. The van der Waals surface area contributed by atoms with Gasteiger partial charge >= 0.3 is 5.97 Å². The predicted octanol–water partition coefficient (Wildman–Crippen LogP) is 4.69. The van der Waals surface area contributed by atoms with Crippen molar-refractivity contribution in [3.8, 4) is 0 Å². The zero-order valence-electron chi connectivity index (χ0n) is 20.3. The van der Waals surface area contributed by atoms with Crippen LogP contribution < -0.4 is 0 Å². The maximum absolute atomic E-state index is 13.9. The minimum absolute atomic E-state index is 0.0528. The molecule has 0 spiro atoms. The molecule has 2 bridgehead atoms. The maximum Gasteiger partial charge on any atom is 0.317 e. The summed E-state index contributed by atoms with van der Waals surface area (Å²) in [6.45, 7) is 3.11. The molecule has 0 N–H and O–H groups in total. The molecule has 1 saturated carbocycles. The lowest BCUT2D eigenvalue weighted by molar-refractivity contribution is -0.939. The van der Waals surface area contributed by atoms with Crippen molar-refractivity contribution in [1.29, 1.82) is 0 Å². The first kappa shape index (κ1) is 24.4. The Morgan fingerprint density at radius 2 is 1.74 bits per heavy atom. The van der Waals surface area contributed by atoms with Crippen LogP contribution in [0.4, 0.5) is 0 Å². The van der Waals surface area contributed by atoms with Crippen LogP contribution in [0.25, 0.3) is 0 Å². The summed E-state index contributed by atoms with van der Waals surface area (Å²) in [4.78, 5) is 35.2. The highest BCUT2D eigenvalue weighted by atomic mass is 35.5. The average molecular weight is 497 g/mol. The maximum atomic E-state index is 13.9. The quantitative estimate of drug-likeness (QED) is 0.316. The number of carbonyl (C=O) groups excluding carboxylic acids is 2. The van der Waals surface area contributed by atoms with Crippen molar-refractivity contribution in [3.05, 3.63) is 59.1 Å². The van der Waals surface area contributed by atoms with E-state index in [4.69, 9.17) is 16.3 Å². The van der Waals surface area contributed by atoms with E-state index in [1.807, 2.05) is 18.2 Å². The number of carbonyl (C=O) groups is 2. The molecule has 35 heavy (non-hydrogen) atoms. The van der Waals surface area contributed by atoms with Gasteiger partial charge in [-0.1, -0.05) is 67.6 Å². The number of esters is 1. The summed E-state index contributed by atoms with van der Waals surface area (Å²) in [6.07, 6.45) is 11.4. The van der Waals surface area contributed by atoms with Crippen molar-refractivity contribution < 1.29 is 18.8 Å². The zero-order valence-corrected chi connectivity index (χ0v) is 21.1. The summed E-state index contributed by atoms with van der Waals surface area (Å²) in [6, 6.07) is 10.2. The number of nitrogens with zero attached hydrogens (tertiary/aromatic N) is 3. The highest BCUT2D eigenvalue weighted by Crippen LogP contribution is 2.42. The Hall–Kier alpha value is -2.31. The zero-order chi connectivity index (χ0) is 24.3. The predicted molar refractivity (Wildman–Crippen MR) is 134 cm³/mol. The van der Waals surface area contributed by atoms with E-state index in [9.17, 15) is 9.59 Å². The van der Waals surface area contributed by atoms with Crippen molar-refractivity contribution in [3.63, 3.8) is 0 Å². The number of hydrogen-bond donors (Lipinski definition) is 0.